The quantitative estimate of drug-likeness (QED) is 0.892. The number of nitrogens with zero attached hydrogens (tertiary/aromatic N) is 1. The summed E-state index contributed by atoms with van der Waals surface area (Å²) in [7, 11) is 4.08. The predicted octanol–water partition coefficient (Wildman–Crippen LogP) is 2.62. The number of nitrogens with one attached hydrogen (secondary N) is 1. The fraction of sp³-hybridized carbons (Fsp3) is 0.455. The van der Waals surface area contributed by atoms with Crippen molar-refractivity contribution in [3.05, 3.63) is 28.2 Å². The third-order valence-corrected chi connectivity index (χ3v) is 2.79. The molecule has 0 bridgehead atoms. The third kappa shape index (κ3) is 2.72. The van der Waals surface area contributed by atoms with E-state index in [0.717, 1.165) is 17.6 Å². The smallest absolute Gasteiger partial charge is 0.0420 e. The van der Waals surface area contributed by atoms with Crippen LogP contribution in [0.25, 0.3) is 0 Å². The first-order valence-corrected chi connectivity index (χ1v) is 5.62. The second kappa shape index (κ2) is 5.37. The Morgan fingerprint density at radius 1 is 1.43 bits per heavy atom. The van der Waals surface area contributed by atoms with Gasteiger partial charge in [-0.25, -0.2) is 0 Å². The molecule has 0 aromatic heterocycles. The molecule has 3 heteroatoms. The van der Waals surface area contributed by atoms with E-state index in [1.54, 1.807) is 0 Å². The van der Waals surface area contributed by atoms with Gasteiger partial charge in [-0.1, -0.05) is 22.0 Å². The monoisotopic (exact) mass is 256 g/mol. The molecule has 0 amide bonds. The van der Waals surface area contributed by atoms with Crippen molar-refractivity contribution in [2.45, 2.75) is 13.5 Å². The average Bonchev–Trinajstić information content (AvgIpc) is 2.20. The second-order valence-electron chi connectivity index (χ2n) is 3.32. The summed E-state index contributed by atoms with van der Waals surface area (Å²) in [6.07, 6.45) is 0. The van der Waals surface area contributed by atoms with Crippen LogP contribution in [0, 0.1) is 0 Å². The summed E-state index contributed by atoms with van der Waals surface area (Å²) in [5.41, 5.74) is 2.62. The van der Waals surface area contributed by atoms with E-state index in [1.807, 2.05) is 7.05 Å². The molecule has 1 aromatic rings. The van der Waals surface area contributed by atoms with Crippen LogP contribution in [-0.4, -0.2) is 20.6 Å². The molecule has 0 aliphatic carbocycles. The summed E-state index contributed by atoms with van der Waals surface area (Å²) in [6, 6.07) is 6.40. The Bertz CT molecular complexity index is 299. The highest BCUT2D eigenvalue weighted by molar-refractivity contribution is 9.10. The third-order valence-electron chi connectivity index (χ3n) is 2.30. The molecule has 0 fully saturated rings. The number of hydrogen-bond donors (Lipinski definition) is 1. The highest BCUT2D eigenvalue weighted by Crippen LogP contribution is 2.24. The lowest BCUT2D eigenvalue weighted by Crippen LogP contribution is -2.19. The largest absolute Gasteiger partial charge is 0.375 e. The van der Waals surface area contributed by atoms with E-state index in [9.17, 15) is 0 Å². The zero-order chi connectivity index (χ0) is 10.6. The molecular formula is C11H17BrN2. The molecule has 0 spiro atoms. The Labute approximate surface area is 94.4 Å². The van der Waals surface area contributed by atoms with Gasteiger partial charge < -0.3 is 10.2 Å². The van der Waals surface area contributed by atoms with Gasteiger partial charge in [-0.2, -0.15) is 0 Å². The fourth-order valence-corrected chi connectivity index (χ4v) is 1.75. The molecule has 0 atom stereocenters. The van der Waals surface area contributed by atoms with Gasteiger partial charge in [0.25, 0.3) is 0 Å². The van der Waals surface area contributed by atoms with Crippen LogP contribution in [0.5, 0.6) is 0 Å². The van der Waals surface area contributed by atoms with Crippen LogP contribution in [0.3, 0.4) is 0 Å². The van der Waals surface area contributed by atoms with Gasteiger partial charge >= 0.3 is 0 Å². The molecule has 2 nitrogen and oxygen atoms in total. The minimum Gasteiger partial charge on any atom is -0.375 e. The van der Waals surface area contributed by atoms with E-state index in [0.29, 0.717) is 0 Å². The summed E-state index contributed by atoms with van der Waals surface area (Å²) in [4.78, 5) is 2.25. The van der Waals surface area contributed by atoms with Crippen molar-refractivity contribution >= 4 is 21.6 Å². The molecule has 1 aromatic carbocycles. The van der Waals surface area contributed by atoms with E-state index in [2.05, 4.69) is 58.3 Å². The lowest BCUT2D eigenvalue weighted by atomic mass is 10.1. The van der Waals surface area contributed by atoms with Gasteiger partial charge in [-0.05, 0) is 31.7 Å². The number of benzene rings is 1. The minimum absolute atomic E-state index is 0.910. The van der Waals surface area contributed by atoms with Crippen molar-refractivity contribution in [3.8, 4) is 0 Å². The fourth-order valence-electron chi connectivity index (χ4n) is 1.40. The molecule has 0 saturated heterocycles. The van der Waals surface area contributed by atoms with Crippen molar-refractivity contribution in [3.63, 3.8) is 0 Å². The van der Waals surface area contributed by atoms with Crippen molar-refractivity contribution < 1.29 is 0 Å². The maximum absolute atomic E-state index is 3.50. The molecule has 78 valence electrons. The minimum atomic E-state index is 0.910. The number of rotatable bonds is 4. The Morgan fingerprint density at radius 2 is 2.14 bits per heavy atom. The first kappa shape index (κ1) is 11.5. The standard InChI is InChI=1S/C11H17BrN2/c1-4-14(3)11-7-10(12)6-5-9(11)8-13-2/h5-7,13H,4,8H2,1-3H3. The summed E-state index contributed by atoms with van der Waals surface area (Å²) in [5.74, 6) is 0. The summed E-state index contributed by atoms with van der Waals surface area (Å²) >= 11 is 3.50. The number of anilines is 1. The molecule has 0 radical (unpaired) electrons. The second-order valence-corrected chi connectivity index (χ2v) is 4.23. The lowest BCUT2D eigenvalue weighted by Gasteiger charge is -2.21. The highest BCUT2D eigenvalue weighted by Gasteiger charge is 2.05. The Morgan fingerprint density at radius 3 is 2.71 bits per heavy atom. The van der Waals surface area contributed by atoms with Crippen molar-refractivity contribution in [1.29, 1.82) is 0 Å². The molecular weight excluding hydrogens is 240 g/mol. The van der Waals surface area contributed by atoms with E-state index in [-0.39, 0.29) is 0 Å². The van der Waals surface area contributed by atoms with Crippen LogP contribution in [0.4, 0.5) is 5.69 Å². The Kier molecular flexibility index (Phi) is 4.42. The zero-order valence-electron chi connectivity index (χ0n) is 8.97. The lowest BCUT2D eigenvalue weighted by molar-refractivity contribution is 0.809. The van der Waals surface area contributed by atoms with Crippen LogP contribution in [0.2, 0.25) is 0 Å². The molecule has 0 heterocycles. The van der Waals surface area contributed by atoms with Crippen LogP contribution in [-0.2, 0) is 6.54 Å². The van der Waals surface area contributed by atoms with Gasteiger partial charge in [0.05, 0.1) is 0 Å². The van der Waals surface area contributed by atoms with E-state index >= 15 is 0 Å². The van der Waals surface area contributed by atoms with Crippen LogP contribution >= 0.6 is 15.9 Å². The van der Waals surface area contributed by atoms with Gasteiger partial charge in [0.1, 0.15) is 0 Å². The summed E-state index contributed by atoms with van der Waals surface area (Å²) < 4.78 is 1.13. The Hall–Kier alpha value is -0.540. The van der Waals surface area contributed by atoms with Gasteiger partial charge in [-0.3, -0.25) is 0 Å². The van der Waals surface area contributed by atoms with Gasteiger partial charge in [0, 0.05) is 30.3 Å². The highest BCUT2D eigenvalue weighted by atomic mass is 79.9. The average molecular weight is 257 g/mol. The molecule has 14 heavy (non-hydrogen) atoms. The topological polar surface area (TPSA) is 15.3 Å². The van der Waals surface area contributed by atoms with E-state index in [1.165, 1.54) is 11.3 Å². The zero-order valence-corrected chi connectivity index (χ0v) is 10.6. The molecule has 1 rings (SSSR count). The Balaban J connectivity index is 3.02. The van der Waals surface area contributed by atoms with E-state index in [4.69, 9.17) is 0 Å². The first-order chi connectivity index (χ1) is 6.69. The van der Waals surface area contributed by atoms with E-state index < -0.39 is 0 Å². The maximum atomic E-state index is 3.50. The number of hydrogen-bond acceptors (Lipinski definition) is 2. The summed E-state index contributed by atoms with van der Waals surface area (Å²) in [6.45, 7) is 4.09. The number of halogens is 1. The molecule has 1 N–H and O–H groups in total. The summed E-state index contributed by atoms with van der Waals surface area (Å²) in [5, 5.41) is 3.18. The predicted molar refractivity (Wildman–Crippen MR) is 65.8 cm³/mol. The molecule has 0 aliphatic heterocycles. The molecule has 0 unspecified atom stereocenters. The van der Waals surface area contributed by atoms with Crippen molar-refractivity contribution in [2.24, 2.45) is 0 Å². The molecule has 0 aliphatic rings. The normalized spacial score (nSPS) is 10.3. The van der Waals surface area contributed by atoms with Gasteiger partial charge in [0.15, 0.2) is 0 Å². The first-order valence-electron chi connectivity index (χ1n) is 4.83. The molecule has 0 saturated carbocycles. The maximum Gasteiger partial charge on any atom is 0.0420 e. The van der Waals surface area contributed by atoms with Crippen molar-refractivity contribution in [1.82, 2.24) is 5.32 Å². The van der Waals surface area contributed by atoms with Crippen LogP contribution in [0.1, 0.15) is 12.5 Å². The van der Waals surface area contributed by atoms with Gasteiger partial charge in [0.2, 0.25) is 0 Å². The SMILES string of the molecule is CCN(C)c1cc(Br)ccc1CNC. The van der Waals surface area contributed by atoms with Crippen LogP contribution < -0.4 is 10.2 Å². The van der Waals surface area contributed by atoms with Crippen LogP contribution in [0.15, 0.2) is 22.7 Å². The van der Waals surface area contributed by atoms with Gasteiger partial charge in [-0.15, -0.1) is 0 Å². The van der Waals surface area contributed by atoms with Crippen molar-refractivity contribution in [2.75, 3.05) is 25.5 Å².